The Morgan fingerprint density at radius 1 is 1.25 bits per heavy atom. The molecule has 2 rings (SSSR count). The van der Waals surface area contributed by atoms with E-state index < -0.39 is 17.7 Å². The van der Waals surface area contributed by atoms with Gasteiger partial charge in [0.1, 0.15) is 6.04 Å². The lowest BCUT2D eigenvalue weighted by atomic mass is 9.97. The van der Waals surface area contributed by atoms with Crippen LogP contribution in [-0.2, 0) is 9.47 Å². The van der Waals surface area contributed by atoms with Crippen LogP contribution in [-0.4, -0.2) is 26.8 Å². The maximum absolute atomic E-state index is 13.4. The fourth-order valence-corrected chi connectivity index (χ4v) is 2.04. The first-order chi connectivity index (χ1) is 9.56. The maximum atomic E-state index is 13.4. The number of hydrogen-bond acceptors (Lipinski definition) is 4. The molecule has 0 radical (unpaired) electrons. The van der Waals surface area contributed by atoms with Crippen LogP contribution in [0.25, 0.3) is 0 Å². The number of nitrogens with one attached hydrogen (secondary N) is 1. The molecule has 0 bridgehead atoms. The van der Waals surface area contributed by atoms with Gasteiger partial charge in [0, 0.05) is 12.8 Å². The summed E-state index contributed by atoms with van der Waals surface area (Å²) in [5.41, 5.74) is 2.23. The lowest BCUT2D eigenvalue weighted by molar-refractivity contribution is 0.218. The monoisotopic (exact) mass is 282 g/mol. The molecule has 4 nitrogen and oxygen atoms in total. The van der Waals surface area contributed by atoms with E-state index in [0.717, 1.165) is 23.4 Å². The molecule has 0 spiro atoms. The predicted molar refractivity (Wildman–Crippen MR) is 71.3 cm³/mol. The van der Waals surface area contributed by atoms with Gasteiger partial charge in [0.05, 0.1) is 13.7 Å². The molecule has 1 atom stereocenters. The molecule has 0 aromatic heterocycles. The molecule has 1 unspecified atom stereocenters. The summed E-state index contributed by atoms with van der Waals surface area (Å²) in [6, 6.07) is 3.65. The standard InChI is InChI=1S/C14H16F2N2O2/c1-8-12(7-19-2)17-14(20-3)18-13(8)9-4-5-10(15)11(16)6-9/h4-6,13H,7H2,1-3H3,(H,17,18). The van der Waals surface area contributed by atoms with E-state index in [1.165, 1.54) is 13.2 Å². The average Bonchev–Trinajstić information content (AvgIpc) is 2.44. The van der Waals surface area contributed by atoms with Crippen LogP contribution in [0.4, 0.5) is 8.78 Å². The Morgan fingerprint density at radius 2 is 2.00 bits per heavy atom. The summed E-state index contributed by atoms with van der Waals surface area (Å²) in [6.07, 6.45) is 0. The van der Waals surface area contributed by atoms with E-state index in [2.05, 4.69) is 10.3 Å². The summed E-state index contributed by atoms with van der Waals surface area (Å²) >= 11 is 0. The molecule has 0 fully saturated rings. The Kier molecular flexibility index (Phi) is 4.34. The molecule has 0 saturated heterocycles. The van der Waals surface area contributed by atoms with Crippen molar-refractivity contribution in [1.29, 1.82) is 0 Å². The third-order valence-corrected chi connectivity index (χ3v) is 3.13. The van der Waals surface area contributed by atoms with Crippen LogP contribution in [0, 0.1) is 11.6 Å². The summed E-state index contributed by atoms with van der Waals surface area (Å²) in [7, 11) is 3.06. The first kappa shape index (κ1) is 14.5. The fourth-order valence-electron chi connectivity index (χ4n) is 2.04. The van der Waals surface area contributed by atoms with E-state index in [-0.39, 0.29) is 0 Å². The van der Waals surface area contributed by atoms with E-state index in [1.54, 1.807) is 7.11 Å². The zero-order valence-corrected chi connectivity index (χ0v) is 11.5. The lowest BCUT2D eigenvalue weighted by Gasteiger charge is -2.25. The van der Waals surface area contributed by atoms with Gasteiger partial charge in [-0.15, -0.1) is 0 Å². The zero-order chi connectivity index (χ0) is 14.7. The molecule has 0 amide bonds. The molecular formula is C14H16F2N2O2. The second kappa shape index (κ2) is 6.00. The Morgan fingerprint density at radius 3 is 2.60 bits per heavy atom. The molecule has 0 saturated carbocycles. The van der Waals surface area contributed by atoms with Crippen molar-refractivity contribution in [2.75, 3.05) is 20.8 Å². The molecule has 1 aromatic rings. The Labute approximate surface area is 116 Å². The third kappa shape index (κ3) is 2.80. The van der Waals surface area contributed by atoms with Crippen molar-refractivity contribution in [2.45, 2.75) is 13.0 Å². The highest BCUT2D eigenvalue weighted by molar-refractivity contribution is 5.77. The van der Waals surface area contributed by atoms with E-state index in [1.807, 2.05) is 6.92 Å². The minimum absolute atomic E-state index is 0.317. The van der Waals surface area contributed by atoms with Crippen LogP contribution in [0.1, 0.15) is 18.5 Å². The second-order valence-electron chi connectivity index (χ2n) is 4.43. The fraction of sp³-hybridized carbons (Fsp3) is 0.357. The van der Waals surface area contributed by atoms with Gasteiger partial charge >= 0.3 is 0 Å². The summed E-state index contributed by atoms with van der Waals surface area (Å²) < 4.78 is 36.6. The third-order valence-electron chi connectivity index (χ3n) is 3.13. The van der Waals surface area contributed by atoms with Crippen LogP contribution in [0.3, 0.4) is 0 Å². The number of ether oxygens (including phenoxy) is 2. The van der Waals surface area contributed by atoms with Crippen LogP contribution >= 0.6 is 0 Å². The molecule has 20 heavy (non-hydrogen) atoms. The minimum Gasteiger partial charge on any atom is -0.468 e. The number of methoxy groups -OCH3 is 2. The van der Waals surface area contributed by atoms with E-state index in [9.17, 15) is 8.78 Å². The number of halogens is 2. The van der Waals surface area contributed by atoms with Gasteiger partial charge < -0.3 is 14.8 Å². The Balaban J connectivity index is 2.42. The van der Waals surface area contributed by atoms with Crippen LogP contribution in [0.5, 0.6) is 0 Å². The number of hydrogen-bond donors (Lipinski definition) is 1. The van der Waals surface area contributed by atoms with Gasteiger partial charge in [0.2, 0.25) is 0 Å². The Bertz CT molecular complexity index is 570. The summed E-state index contributed by atoms with van der Waals surface area (Å²) in [4.78, 5) is 4.34. The van der Waals surface area contributed by atoms with Crippen LogP contribution < -0.4 is 5.32 Å². The van der Waals surface area contributed by atoms with Crippen molar-refractivity contribution >= 4 is 6.02 Å². The van der Waals surface area contributed by atoms with E-state index >= 15 is 0 Å². The molecule has 1 aromatic carbocycles. The number of rotatable bonds is 3. The Hall–Kier alpha value is -1.95. The van der Waals surface area contributed by atoms with Crippen LogP contribution in [0.2, 0.25) is 0 Å². The number of benzene rings is 1. The van der Waals surface area contributed by atoms with E-state index in [0.29, 0.717) is 18.2 Å². The quantitative estimate of drug-likeness (QED) is 0.926. The van der Waals surface area contributed by atoms with Gasteiger partial charge in [-0.2, -0.15) is 0 Å². The highest BCUT2D eigenvalue weighted by Gasteiger charge is 2.24. The summed E-state index contributed by atoms with van der Waals surface area (Å²) in [6.45, 7) is 2.22. The summed E-state index contributed by atoms with van der Waals surface area (Å²) in [5.74, 6) is -1.77. The van der Waals surface area contributed by atoms with Gasteiger partial charge in [-0.1, -0.05) is 6.07 Å². The van der Waals surface area contributed by atoms with Gasteiger partial charge in [0.15, 0.2) is 11.6 Å². The van der Waals surface area contributed by atoms with Crippen molar-refractivity contribution in [3.05, 3.63) is 46.7 Å². The first-order valence-corrected chi connectivity index (χ1v) is 6.09. The van der Waals surface area contributed by atoms with Crippen molar-refractivity contribution in [3.8, 4) is 0 Å². The molecule has 1 aliphatic heterocycles. The molecular weight excluding hydrogens is 266 g/mol. The number of nitrogens with zero attached hydrogens (tertiary/aromatic N) is 1. The minimum atomic E-state index is -0.892. The topological polar surface area (TPSA) is 42.9 Å². The molecule has 1 aliphatic rings. The van der Waals surface area contributed by atoms with Crippen molar-refractivity contribution in [1.82, 2.24) is 5.32 Å². The lowest BCUT2D eigenvalue weighted by Crippen LogP contribution is -2.32. The first-order valence-electron chi connectivity index (χ1n) is 6.09. The average molecular weight is 282 g/mol. The van der Waals surface area contributed by atoms with Crippen LogP contribution in [0.15, 0.2) is 34.5 Å². The number of amidine groups is 1. The number of aliphatic imine (C=N–C) groups is 1. The highest BCUT2D eigenvalue weighted by Crippen LogP contribution is 2.31. The van der Waals surface area contributed by atoms with Crippen molar-refractivity contribution < 1.29 is 18.3 Å². The predicted octanol–water partition coefficient (Wildman–Crippen LogP) is 2.53. The highest BCUT2D eigenvalue weighted by atomic mass is 19.2. The molecule has 1 N–H and O–H groups in total. The zero-order valence-electron chi connectivity index (χ0n) is 11.5. The smallest absolute Gasteiger partial charge is 0.289 e. The van der Waals surface area contributed by atoms with Gasteiger partial charge in [0.25, 0.3) is 6.02 Å². The molecule has 108 valence electrons. The normalized spacial score (nSPS) is 18.6. The molecule has 1 heterocycles. The summed E-state index contributed by atoms with van der Waals surface area (Å²) in [5, 5.41) is 2.99. The van der Waals surface area contributed by atoms with Gasteiger partial charge in [-0.25, -0.2) is 13.8 Å². The SMILES string of the molecule is COCC1=C(C)C(c2ccc(F)c(F)c2)N=C(OC)N1. The van der Waals surface area contributed by atoms with Gasteiger partial charge in [-0.05, 0) is 30.2 Å². The van der Waals surface area contributed by atoms with Crippen molar-refractivity contribution in [2.24, 2.45) is 4.99 Å². The molecule has 0 aliphatic carbocycles. The van der Waals surface area contributed by atoms with E-state index in [4.69, 9.17) is 9.47 Å². The van der Waals surface area contributed by atoms with Gasteiger partial charge in [-0.3, -0.25) is 0 Å². The largest absolute Gasteiger partial charge is 0.468 e. The maximum Gasteiger partial charge on any atom is 0.289 e. The van der Waals surface area contributed by atoms with Crippen molar-refractivity contribution in [3.63, 3.8) is 0 Å². The second-order valence-corrected chi connectivity index (χ2v) is 4.43. The molecule has 6 heteroatoms.